The van der Waals surface area contributed by atoms with Gasteiger partial charge in [-0.3, -0.25) is 9.59 Å². The first-order valence-corrected chi connectivity index (χ1v) is 4.17. The Morgan fingerprint density at radius 1 is 1.20 bits per heavy atom. The molecule has 0 aromatic heterocycles. The number of rotatable bonds is 3. The normalized spacial score (nSPS) is 26.1. The molecular weight excluding hydrogens is 206 g/mol. The summed E-state index contributed by atoms with van der Waals surface area (Å²) >= 11 is 0. The Labute approximate surface area is 84.3 Å². The van der Waals surface area contributed by atoms with Crippen molar-refractivity contribution in [1.29, 1.82) is 0 Å². The summed E-state index contributed by atoms with van der Waals surface area (Å²) in [6, 6.07) is -2.74. The van der Waals surface area contributed by atoms with Gasteiger partial charge < -0.3 is 15.1 Å². The molecule has 1 saturated heterocycles. The lowest BCUT2D eigenvalue weighted by atomic mass is 9.95. The van der Waals surface area contributed by atoms with Crippen LogP contribution in [0.3, 0.4) is 0 Å². The second kappa shape index (κ2) is 4.07. The van der Waals surface area contributed by atoms with Crippen LogP contribution >= 0.6 is 0 Å². The number of hydrogen-bond acceptors (Lipinski definition) is 4. The molecule has 2 unspecified atom stereocenters. The highest BCUT2D eigenvalue weighted by Crippen LogP contribution is 2.19. The van der Waals surface area contributed by atoms with Crippen LogP contribution in [0.2, 0.25) is 0 Å². The summed E-state index contributed by atoms with van der Waals surface area (Å²) < 4.78 is 0. The van der Waals surface area contributed by atoms with Crippen LogP contribution in [0, 0.1) is 0 Å². The fourth-order valence-corrected chi connectivity index (χ4v) is 1.52. The maximum absolute atomic E-state index is 11.1. The van der Waals surface area contributed by atoms with Gasteiger partial charge in [0.05, 0.1) is 0 Å². The van der Waals surface area contributed by atoms with E-state index in [1.165, 1.54) is 0 Å². The van der Waals surface area contributed by atoms with E-state index in [1.807, 2.05) is 0 Å². The molecule has 1 aliphatic rings. The van der Waals surface area contributed by atoms with Crippen LogP contribution in [-0.2, 0) is 19.2 Å². The third-order valence-corrected chi connectivity index (χ3v) is 2.25. The van der Waals surface area contributed by atoms with Gasteiger partial charge in [0.2, 0.25) is 6.41 Å². The van der Waals surface area contributed by atoms with E-state index in [2.05, 4.69) is 0 Å². The lowest BCUT2D eigenvalue weighted by molar-refractivity contribution is -0.160. The van der Waals surface area contributed by atoms with Gasteiger partial charge in [0.15, 0.2) is 0 Å². The summed E-state index contributed by atoms with van der Waals surface area (Å²) in [7, 11) is 0. The molecule has 0 aromatic carbocycles. The zero-order valence-electron chi connectivity index (χ0n) is 7.62. The molecular formula is C8H9NO6. The smallest absolute Gasteiger partial charge is 0.326 e. The molecule has 0 bridgehead atoms. The SMILES string of the molecule is O=CN1C(C(=O)O)CC(=O)CC1C(=O)O. The Morgan fingerprint density at radius 3 is 1.87 bits per heavy atom. The van der Waals surface area contributed by atoms with Crippen molar-refractivity contribution in [2.45, 2.75) is 24.9 Å². The van der Waals surface area contributed by atoms with Crippen LogP contribution in [0.15, 0.2) is 0 Å². The van der Waals surface area contributed by atoms with Gasteiger partial charge in [0.25, 0.3) is 0 Å². The molecule has 0 radical (unpaired) electrons. The van der Waals surface area contributed by atoms with Crippen LogP contribution in [0.1, 0.15) is 12.8 Å². The zero-order chi connectivity index (χ0) is 11.6. The maximum Gasteiger partial charge on any atom is 0.326 e. The van der Waals surface area contributed by atoms with Crippen molar-refractivity contribution in [2.24, 2.45) is 0 Å². The summed E-state index contributed by atoms with van der Waals surface area (Å²) in [5, 5.41) is 17.4. The first-order chi connectivity index (χ1) is 6.97. The molecule has 1 heterocycles. The number of piperidine rings is 1. The predicted octanol–water partition coefficient (Wildman–Crippen LogP) is -1.29. The van der Waals surface area contributed by atoms with E-state index in [4.69, 9.17) is 10.2 Å². The largest absolute Gasteiger partial charge is 0.480 e. The second-order valence-corrected chi connectivity index (χ2v) is 3.21. The Balaban J connectivity index is 2.98. The average Bonchev–Trinajstić information content (AvgIpc) is 2.16. The number of nitrogens with zero attached hydrogens (tertiary/aromatic N) is 1. The molecule has 2 N–H and O–H groups in total. The molecule has 2 atom stereocenters. The van der Waals surface area contributed by atoms with Gasteiger partial charge >= 0.3 is 11.9 Å². The van der Waals surface area contributed by atoms with Crippen LogP contribution in [0.5, 0.6) is 0 Å². The molecule has 1 fully saturated rings. The highest BCUT2D eigenvalue weighted by Gasteiger charge is 2.41. The third kappa shape index (κ3) is 2.12. The van der Waals surface area contributed by atoms with E-state index in [1.54, 1.807) is 0 Å². The van der Waals surface area contributed by atoms with Crippen molar-refractivity contribution < 1.29 is 29.4 Å². The van der Waals surface area contributed by atoms with Crippen molar-refractivity contribution in [3.63, 3.8) is 0 Å². The van der Waals surface area contributed by atoms with Gasteiger partial charge in [0.1, 0.15) is 17.9 Å². The van der Waals surface area contributed by atoms with Gasteiger partial charge in [-0.15, -0.1) is 0 Å². The fourth-order valence-electron chi connectivity index (χ4n) is 1.52. The average molecular weight is 215 g/mol. The first kappa shape index (κ1) is 11.2. The van der Waals surface area contributed by atoms with Gasteiger partial charge in [-0.2, -0.15) is 0 Å². The van der Waals surface area contributed by atoms with E-state index in [9.17, 15) is 19.2 Å². The number of carboxylic acids is 2. The Bertz CT molecular complexity index is 299. The Hall–Kier alpha value is -1.92. The number of amides is 1. The lowest BCUT2D eigenvalue weighted by Crippen LogP contribution is -2.55. The molecule has 7 nitrogen and oxygen atoms in total. The monoisotopic (exact) mass is 215 g/mol. The molecule has 1 rings (SSSR count). The summed E-state index contributed by atoms with van der Waals surface area (Å²) in [6.45, 7) is 0. The van der Waals surface area contributed by atoms with E-state index >= 15 is 0 Å². The number of hydrogen-bond donors (Lipinski definition) is 2. The number of carbonyl (C=O) groups is 4. The molecule has 1 aliphatic heterocycles. The molecule has 0 spiro atoms. The molecule has 7 heteroatoms. The third-order valence-electron chi connectivity index (χ3n) is 2.25. The topological polar surface area (TPSA) is 112 Å². The minimum absolute atomic E-state index is 0.157. The Kier molecular flexibility index (Phi) is 3.03. The van der Waals surface area contributed by atoms with Gasteiger partial charge in [0, 0.05) is 12.8 Å². The van der Waals surface area contributed by atoms with Crippen molar-refractivity contribution >= 4 is 24.1 Å². The standard InChI is InChI=1S/C8H9NO6/c10-3-9-5(7(12)13)1-4(11)2-6(9)8(14)15/h3,5-6H,1-2H2,(H,12,13)(H,14,15). The lowest BCUT2D eigenvalue weighted by Gasteiger charge is -2.33. The van der Waals surface area contributed by atoms with Crippen molar-refractivity contribution in [3.05, 3.63) is 0 Å². The van der Waals surface area contributed by atoms with E-state index < -0.39 is 29.8 Å². The molecule has 0 saturated carbocycles. The van der Waals surface area contributed by atoms with Crippen molar-refractivity contribution in [2.75, 3.05) is 0 Å². The number of likely N-dealkylation sites (tertiary alicyclic amines) is 1. The number of carbonyl (C=O) groups excluding carboxylic acids is 2. The molecule has 15 heavy (non-hydrogen) atoms. The maximum atomic E-state index is 11.1. The van der Waals surface area contributed by atoms with E-state index in [0.717, 1.165) is 0 Å². The Morgan fingerprint density at radius 2 is 1.60 bits per heavy atom. The molecule has 1 amide bonds. The van der Waals surface area contributed by atoms with Gasteiger partial charge in [-0.1, -0.05) is 0 Å². The quantitative estimate of drug-likeness (QED) is 0.566. The first-order valence-electron chi connectivity index (χ1n) is 4.17. The molecule has 0 aliphatic carbocycles. The van der Waals surface area contributed by atoms with Crippen molar-refractivity contribution in [1.82, 2.24) is 4.90 Å². The highest BCUT2D eigenvalue weighted by atomic mass is 16.4. The predicted molar refractivity (Wildman–Crippen MR) is 45.0 cm³/mol. The summed E-state index contributed by atoms with van der Waals surface area (Å²) in [5.41, 5.74) is 0. The van der Waals surface area contributed by atoms with E-state index in [-0.39, 0.29) is 19.3 Å². The van der Waals surface area contributed by atoms with Crippen LogP contribution in [0.4, 0.5) is 0 Å². The fraction of sp³-hybridized carbons (Fsp3) is 0.500. The van der Waals surface area contributed by atoms with Crippen LogP contribution < -0.4 is 0 Å². The van der Waals surface area contributed by atoms with E-state index in [0.29, 0.717) is 4.90 Å². The number of carboxylic acid groups (broad SMARTS) is 2. The molecule has 0 aromatic rings. The van der Waals surface area contributed by atoms with Gasteiger partial charge in [-0.25, -0.2) is 9.59 Å². The highest BCUT2D eigenvalue weighted by molar-refractivity contribution is 5.94. The number of Topliss-reactive ketones (excluding diaryl/α,β-unsaturated/α-hetero) is 1. The summed E-state index contributed by atoms with van der Waals surface area (Å²) in [5.74, 6) is -3.21. The minimum Gasteiger partial charge on any atom is -0.480 e. The summed E-state index contributed by atoms with van der Waals surface area (Å²) in [4.78, 5) is 43.7. The number of ketones is 1. The van der Waals surface area contributed by atoms with Crippen LogP contribution in [0.25, 0.3) is 0 Å². The van der Waals surface area contributed by atoms with Crippen molar-refractivity contribution in [3.8, 4) is 0 Å². The second-order valence-electron chi connectivity index (χ2n) is 3.21. The van der Waals surface area contributed by atoms with Crippen LogP contribution in [-0.4, -0.2) is 51.3 Å². The van der Waals surface area contributed by atoms with Gasteiger partial charge in [-0.05, 0) is 0 Å². The zero-order valence-corrected chi connectivity index (χ0v) is 7.62. The number of aliphatic carboxylic acids is 2. The molecule has 82 valence electrons. The minimum atomic E-state index is -1.37. The summed E-state index contributed by atoms with van der Waals surface area (Å²) in [6.07, 6.45) is -0.514.